The summed E-state index contributed by atoms with van der Waals surface area (Å²) in [6, 6.07) is 12.2. The quantitative estimate of drug-likeness (QED) is 0.321. The number of hydrogen-bond donors (Lipinski definition) is 0. The van der Waals surface area contributed by atoms with Crippen molar-refractivity contribution in [3.8, 4) is 11.5 Å². The number of furan rings is 1. The van der Waals surface area contributed by atoms with Crippen LogP contribution < -0.4 is 14.4 Å². The van der Waals surface area contributed by atoms with Gasteiger partial charge in [0.05, 0.1) is 29.6 Å². The van der Waals surface area contributed by atoms with Crippen molar-refractivity contribution in [2.75, 3.05) is 18.6 Å². The first-order chi connectivity index (χ1) is 15.0. The van der Waals surface area contributed by atoms with Crippen molar-refractivity contribution in [2.24, 2.45) is 0 Å². The minimum atomic E-state index is -0.293. The van der Waals surface area contributed by atoms with E-state index in [-0.39, 0.29) is 19.1 Å². The average Bonchev–Trinajstić information content (AvgIpc) is 3.42. The van der Waals surface area contributed by atoms with Gasteiger partial charge in [-0.05, 0) is 48.9 Å². The van der Waals surface area contributed by atoms with Crippen LogP contribution in [-0.4, -0.2) is 24.6 Å². The number of rotatable bonds is 7. The number of carbonyl (C=O) groups is 1. The fraction of sp³-hybridized carbons (Fsp3) is 0.182. The molecule has 0 aliphatic rings. The van der Waals surface area contributed by atoms with E-state index in [4.69, 9.17) is 37.1 Å². The van der Waals surface area contributed by atoms with Gasteiger partial charge in [0.2, 0.25) is 0 Å². The maximum Gasteiger partial charge on any atom is 0.267 e. The summed E-state index contributed by atoms with van der Waals surface area (Å²) in [5, 5.41) is 1.34. The van der Waals surface area contributed by atoms with Gasteiger partial charge in [-0.25, -0.2) is 4.98 Å². The molecule has 9 heteroatoms. The summed E-state index contributed by atoms with van der Waals surface area (Å²) in [5.74, 6) is 1.36. The van der Waals surface area contributed by atoms with E-state index in [1.807, 2.05) is 19.1 Å². The van der Waals surface area contributed by atoms with E-state index in [1.165, 1.54) is 16.2 Å². The van der Waals surface area contributed by atoms with Gasteiger partial charge in [0.25, 0.3) is 5.91 Å². The Balaban J connectivity index is 1.65. The highest BCUT2D eigenvalue weighted by molar-refractivity contribution is 7.22. The van der Waals surface area contributed by atoms with Gasteiger partial charge in [-0.15, -0.1) is 0 Å². The predicted molar refractivity (Wildman–Crippen MR) is 123 cm³/mol. The lowest BCUT2D eigenvalue weighted by atomic mass is 10.2. The second-order valence-corrected chi connectivity index (χ2v) is 8.50. The van der Waals surface area contributed by atoms with Gasteiger partial charge in [0, 0.05) is 5.02 Å². The van der Waals surface area contributed by atoms with Crippen molar-refractivity contribution in [3.05, 3.63) is 70.1 Å². The fourth-order valence-corrected chi connectivity index (χ4v) is 4.54. The van der Waals surface area contributed by atoms with Crippen molar-refractivity contribution < 1.29 is 18.7 Å². The number of fused-ring (bicyclic) bond motifs is 1. The molecule has 6 nitrogen and oxygen atoms in total. The summed E-state index contributed by atoms with van der Waals surface area (Å²) in [6.07, 6.45) is 1.56. The number of thiazole rings is 1. The topological polar surface area (TPSA) is 64.8 Å². The molecule has 0 saturated carbocycles. The largest absolute Gasteiger partial charge is 0.494 e. The van der Waals surface area contributed by atoms with Gasteiger partial charge in [-0.1, -0.05) is 40.6 Å². The number of aromatic nitrogens is 1. The van der Waals surface area contributed by atoms with Gasteiger partial charge in [0.15, 0.2) is 11.7 Å². The zero-order valence-corrected chi connectivity index (χ0v) is 19.1. The Morgan fingerprint density at radius 1 is 1.19 bits per heavy atom. The molecule has 0 fully saturated rings. The maximum absolute atomic E-state index is 13.2. The first kappa shape index (κ1) is 21.5. The number of anilines is 1. The molecule has 160 valence electrons. The fourth-order valence-electron chi connectivity index (χ4n) is 3.01. The molecule has 0 spiro atoms. The summed E-state index contributed by atoms with van der Waals surface area (Å²) in [7, 11) is 1.60. The number of halogens is 2. The van der Waals surface area contributed by atoms with Crippen LogP contribution in [0, 0.1) is 6.92 Å². The minimum absolute atomic E-state index is 0.213. The number of carbonyl (C=O) groups excluding carboxylic acids is 1. The Kier molecular flexibility index (Phi) is 6.36. The lowest BCUT2D eigenvalue weighted by molar-refractivity contribution is -0.120. The lowest BCUT2D eigenvalue weighted by Crippen LogP contribution is -2.34. The number of benzene rings is 2. The van der Waals surface area contributed by atoms with Gasteiger partial charge in [-0.3, -0.25) is 9.69 Å². The highest BCUT2D eigenvalue weighted by atomic mass is 35.5. The molecule has 2 aromatic carbocycles. The van der Waals surface area contributed by atoms with Crippen LogP contribution in [0.2, 0.25) is 10.0 Å². The highest BCUT2D eigenvalue weighted by Crippen LogP contribution is 2.37. The molecule has 0 radical (unpaired) electrons. The van der Waals surface area contributed by atoms with E-state index in [0.717, 1.165) is 10.3 Å². The molecule has 4 rings (SSSR count). The van der Waals surface area contributed by atoms with Crippen molar-refractivity contribution in [2.45, 2.75) is 13.5 Å². The van der Waals surface area contributed by atoms with Gasteiger partial charge in [-0.2, -0.15) is 0 Å². The molecule has 0 aliphatic heterocycles. The molecule has 0 atom stereocenters. The number of hydrogen-bond acceptors (Lipinski definition) is 6. The molecular weight excluding hydrogens is 459 g/mol. The summed E-state index contributed by atoms with van der Waals surface area (Å²) in [5.41, 5.74) is 1.76. The second-order valence-electron chi connectivity index (χ2n) is 6.68. The Labute approximate surface area is 192 Å². The Bertz CT molecular complexity index is 1220. The molecule has 1 amide bonds. The number of ether oxygens (including phenoxy) is 2. The third-order valence-electron chi connectivity index (χ3n) is 4.58. The Morgan fingerprint density at radius 3 is 2.71 bits per heavy atom. The first-order valence-electron chi connectivity index (χ1n) is 9.31. The minimum Gasteiger partial charge on any atom is -0.494 e. The molecule has 31 heavy (non-hydrogen) atoms. The van der Waals surface area contributed by atoms with E-state index < -0.39 is 0 Å². The van der Waals surface area contributed by atoms with Crippen LogP contribution in [0.4, 0.5) is 5.13 Å². The normalized spacial score (nSPS) is 11.0. The van der Waals surface area contributed by atoms with Crippen LogP contribution in [0.3, 0.4) is 0 Å². The summed E-state index contributed by atoms with van der Waals surface area (Å²) < 4.78 is 17.5. The first-order valence-corrected chi connectivity index (χ1v) is 10.9. The smallest absolute Gasteiger partial charge is 0.267 e. The number of methoxy groups -OCH3 is 1. The predicted octanol–water partition coefficient (Wildman–Crippen LogP) is 6.13. The van der Waals surface area contributed by atoms with Crippen LogP contribution in [0.5, 0.6) is 11.5 Å². The maximum atomic E-state index is 13.2. The molecule has 0 bridgehead atoms. The van der Waals surface area contributed by atoms with Crippen molar-refractivity contribution in [1.82, 2.24) is 4.98 Å². The van der Waals surface area contributed by atoms with Crippen LogP contribution in [-0.2, 0) is 11.3 Å². The summed E-state index contributed by atoms with van der Waals surface area (Å²) in [4.78, 5) is 19.4. The second kappa shape index (κ2) is 9.18. The third-order valence-corrected chi connectivity index (χ3v) is 6.33. The van der Waals surface area contributed by atoms with Crippen LogP contribution in [0.25, 0.3) is 10.2 Å². The Morgan fingerprint density at radius 2 is 2.00 bits per heavy atom. The molecule has 0 N–H and O–H groups in total. The van der Waals surface area contributed by atoms with Gasteiger partial charge >= 0.3 is 0 Å². The third kappa shape index (κ3) is 4.63. The van der Waals surface area contributed by atoms with E-state index in [2.05, 4.69) is 4.98 Å². The summed E-state index contributed by atoms with van der Waals surface area (Å²) in [6.45, 7) is 1.98. The highest BCUT2D eigenvalue weighted by Gasteiger charge is 2.23. The molecule has 0 saturated heterocycles. The van der Waals surface area contributed by atoms with E-state index in [9.17, 15) is 4.79 Å². The molecule has 4 aromatic rings. The van der Waals surface area contributed by atoms with Crippen molar-refractivity contribution in [1.29, 1.82) is 0 Å². The molecule has 0 unspecified atom stereocenters. The van der Waals surface area contributed by atoms with Crippen molar-refractivity contribution >= 4 is 55.8 Å². The average molecular weight is 477 g/mol. The monoisotopic (exact) mass is 476 g/mol. The standard InChI is InChI=1S/C22H18Cl2N2O4S/c1-13-5-7-18(28-2)20-21(13)31-22(25-20)26(11-15-4-3-9-29-15)19(27)12-30-17-8-6-14(23)10-16(17)24/h3-10H,11-12H2,1-2H3. The lowest BCUT2D eigenvalue weighted by Gasteiger charge is -2.19. The molecular formula is C22H18Cl2N2O4S. The van der Waals surface area contributed by atoms with Crippen molar-refractivity contribution in [3.63, 3.8) is 0 Å². The Hall–Kier alpha value is -2.74. The molecule has 2 aromatic heterocycles. The number of aryl methyl sites for hydroxylation is 1. The van der Waals surface area contributed by atoms with Crippen LogP contribution in [0.1, 0.15) is 11.3 Å². The van der Waals surface area contributed by atoms with Crippen LogP contribution >= 0.6 is 34.5 Å². The van der Waals surface area contributed by atoms with E-state index >= 15 is 0 Å². The summed E-state index contributed by atoms with van der Waals surface area (Å²) >= 11 is 13.5. The number of nitrogens with zero attached hydrogens (tertiary/aromatic N) is 2. The van der Waals surface area contributed by atoms with Crippen LogP contribution in [0.15, 0.2) is 53.1 Å². The number of amides is 1. The zero-order chi connectivity index (χ0) is 22.0. The molecule has 0 aliphatic carbocycles. The zero-order valence-electron chi connectivity index (χ0n) is 16.7. The molecule has 2 heterocycles. The van der Waals surface area contributed by atoms with Gasteiger partial charge in [0.1, 0.15) is 22.8 Å². The SMILES string of the molecule is COc1ccc(C)c2sc(N(Cc3ccco3)C(=O)COc3ccc(Cl)cc3Cl)nc12. The van der Waals surface area contributed by atoms with E-state index in [0.29, 0.717) is 38.0 Å². The van der Waals surface area contributed by atoms with Gasteiger partial charge < -0.3 is 13.9 Å². The van der Waals surface area contributed by atoms with E-state index in [1.54, 1.807) is 43.7 Å².